The molecule has 1 heterocycles. The van der Waals surface area contributed by atoms with E-state index in [1.54, 1.807) is 18.2 Å². The van der Waals surface area contributed by atoms with E-state index < -0.39 is 16.8 Å². The highest BCUT2D eigenvalue weighted by molar-refractivity contribution is 5.98. The van der Waals surface area contributed by atoms with E-state index >= 15 is 0 Å². The van der Waals surface area contributed by atoms with Crippen LogP contribution in [0.25, 0.3) is 22.0 Å². The van der Waals surface area contributed by atoms with Gasteiger partial charge in [0, 0.05) is 28.6 Å². The van der Waals surface area contributed by atoms with E-state index in [2.05, 4.69) is 4.98 Å². The van der Waals surface area contributed by atoms with Gasteiger partial charge in [0.2, 0.25) is 0 Å². The van der Waals surface area contributed by atoms with Crippen molar-refractivity contribution in [3.8, 4) is 11.1 Å². The van der Waals surface area contributed by atoms with E-state index in [-0.39, 0.29) is 22.2 Å². The molecule has 0 unspecified atom stereocenters. The predicted molar refractivity (Wildman–Crippen MR) is 75.4 cm³/mol. The third-order valence-electron chi connectivity index (χ3n) is 3.34. The molecule has 3 rings (SSSR count). The van der Waals surface area contributed by atoms with Crippen LogP contribution in [0.4, 0.5) is 18.9 Å². The second-order valence-corrected chi connectivity index (χ2v) is 4.73. The number of non-ortho nitro benzene ring substituents is 1. The molecule has 0 bridgehead atoms. The number of nitrogens with one attached hydrogen (secondary N) is 1. The largest absolute Gasteiger partial charge is 0.431 e. The summed E-state index contributed by atoms with van der Waals surface area (Å²) in [6.07, 6.45) is -4.58. The van der Waals surface area contributed by atoms with E-state index in [1.165, 1.54) is 24.3 Å². The van der Waals surface area contributed by atoms with Gasteiger partial charge in [0.15, 0.2) is 0 Å². The minimum atomic E-state index is -4.58. The standard InChI is InChI=1S/C15H9F3N2O2/c16-15(17,18)14-13(9-4-2-1-3-5-9)11-8-10(20(21)22)6-7-12(11)19-14/h1-8,19H. The molecule has 0 aliphatic heterocycles. The molecule has 0 spiro atoms. The highest BCUT2D eigenvalue weighted by Crippen LogP contribution is 2.42. The molecule has 3 aromatic rings. The van der Waals surface area contributed by atoms with Crippen molar-refractivity contribution in [2.24, 2.45) is 0 Å². The molecule has 112 valence electrons. The molecule has 1 aromatic heterocycles. The average molecular weight is 306 g/mol. The summed E-state index contributed by atoms with van der Waals surface area (Å²) < 4.78 is 39.8. The number of H-pyrrole nitrogens is 1. The number of nitro groups is 1. The normalized spacial score (nSPS) is 11.8. The van der Waals surface area contributed by atoms with Gasteiger partial charge in [-0.1, -0.05) is 30.3 Å². The van der Waals surface area contributed by atoms with Crippen LogP contribution in [0.15, 0.2) is 48.5 Å². The van der Waals surface area contributed by atoms with Crippen LogP contribution in [0.5, 0.6) is 0 Å². The highest BCUT2D eigenvalue weighted by atomic mass is 19.4. The van der Waals surface area contributed by atoms with Gasteiger partial charge in [-0.3, -0.25) is 10.1 Å². The summed E-state index contributed by atoms with van der Waals surface area (Å²) in [6, 6.07) is 11.6. The zero-order chi connectivity index (χ0) is 15.9. The SMILES string of the molecule is O=[N+]([O-])c1ccc2[nH]c(C(F)(F)F)c(-c3ccccc3)c2c1. The summed E-state index contributed by atoms with van der Waals surface area (Å²) in [7, 11) is 0. The lowest BCUT2D eigenvalue weighted by atomic mass is 10.0. The zero-order valence-corrected chi connectivity index (χ0v) is 11.0. The minimum Gasteiger partial charge on any atom is -0.350 e. The summed E-state index contributed by atoms with van der Waals surface area (Å²) in [4.78, 5) is 12.6. The Labute approximate surface area is 122 Å². The van der Waals surface area contributed by atoms with Crippen LogP contribution < -0.4 is 0 Å². The Bertz CT molecular complexity index is 854. The fraction of sp³-hybridized carbons (Fsp3) is 0.0667. The molecule has 0 saturated heterocycles. The number of aromatic amines is 1. The summed E-state index contributed by atoms with van der Waals surface area (Å²) >= 11 is 0. The molecule has 0 amide bonds. The van der Waals surface area contributed by atoms with Crippen molar-refractivity contribution in [1.29, 1.82) is 0 Å². The summed E-state index contributed by atoms with van der Waals surface area (Å²) in [6.45, 7) is 0. The number of aromatic nitrogens is 1. The zero-order valence-electron chi connectivity index (χ0n) is 11.0. The Morgan fingerprint density at radius 1 is 1.05 bits per heavy atom. The lowest BCUT2D eigenvalue weighted by molar-refractivity contribution is -0.384. The van der Waals surface area contributed by atoms with Crippen molar-refractivity contribution >= 4 is 16.6 Å². The van der Waals surface area contributed by atoms with Crippen LogP contribution >= 0.6 is 0 Å². The lowest BCUT2D eigenvalue weighted by Crippen LogP contribution is -2.07. The molecule has 4 nitrogen and oxygen atoms in total. The quantitative estimate of drug-likeness (QED) is 0.548. The maximum atomic E-state index is 13.3. The number of benzene rings is 2. The monoisotopic (exact) mass is 306 g/mol. The van der Waals surface area contributed by atoms with Gasteiger partial charge < -0.3 is 4.98 Å². The Balaban J connectivity index is 2.38. The number of hydrogen-bond donors (Lipinski definition) is 1. The first kappa shape index (κ1) is 14.1. The van der Waals surface area contributed by atoms with E-state index in [0.717, 1.165) is 6.07 Å². The molecule has 0 aliphatic carbocycles. The topological polar surface area (TPSA) is 58.9 Å². The van der Waals surface area contributed by atoms with Crippen LogP contribution in [-0.4, -0.2) is 9.91 Å². The molecular formula is C15H9F3N2O2. The molecular weight excluding hydrogens is 297 g/mol. The average Bonchev–Trinajstić information content (AvgIpc) is 2.86. The summed E-state index contributed by atoms with van der Waals surface area (Å²) in [5.74, 6) is 0. The summed E-state index contributed by atoms with van der Waals surface area (Å²) in [5.41, 5.74) is -0.684. The van der Waals surface area contributed by atoms with Gasteiger partial charge in [0.25, 0.3) is 5.69 Å². The maximum Gasteiger partial charge on any atom is 0.431 e. The molecule has 7 heteroatoms. The van der Waals surface area contributed by atoms with Crippen LogP contribution in [0.3, 0.4) is 0 Å². The Morgan fingerprint density at radius 3 is 2.32 bits per heavy atom. The second-order valence-electron chi connectivity index (χ2n) is 4.73. The first-order chi connectivity index (χ1) is 10.4. The molecule has 2 aromatic carbocycles. The number of nitrogens with zero attached hydrogens (tertiary/aromatic N) is 1. The summed E-state index contributed by atoms with van der Waals surface area (Å²) in [5, 5.41) is 11.0. The third kappa shape index (κ3) is 2.30. The van der Waals surface area contributed by atoms with Crippen molar-refractivity contribution in [2.45, 2.75) is 6.18 Å². The first-order valence-electron chi connectivity index (χ1n) is 6.30. The Hall–Kier alpha value is -2.83. The minimum absolute atomic E-state index is 0.0770. The van der Waals surface area contributed by atoms with E-state index in [1.807, 2.05) is 0 Å². The van der Waals surface area contributed by atoms with Crippen LogP contribution in [0.2, 0.25) is 0 Å². The lowest BCUT2D eigenvalue weighted by Gasteiger charge is -2.08. The highest BCUT2D eigenvalue weighted by Gasteiger charge is 2.37. The van der Waals surface area contributed by atoms with Crippen molar-refractivity contribution in [3.63, 3.8) is 0 Å². The number of alkyl halides is 3. The van der Waals surface area contributed by atoms with Gasteiger partial charge in [0.05, 0.1) is 4.92 Å². The number of halogens is 3. The Morgan fingerprint density at radius 2 is 1.73 bits per heavy atom. The van der Waals surface area contributed by atoms with Gasteiger partial charge in [0.1, 0.15) is 5.69 Å². The smallest absolute Gasteiger partial charge is 0.350 e. The van der Waals surface area contributed by atoms with Gasteiger partial charge in [-0.25, -0.2) is 0 Å². The molecule has 1 N–H and O–H groups in total. The van der Waals surface area contributed by atoms with Crippen molar-refractivity contribution < 1.29 is 18.1 Å². The molecule has 22 heavy (non-hydrogen) atoms. The number of hydrogen-bond acceptors (Lipinski definition) is 2. The molecule has 0 radical (unpaired) electrons. The number of fused-ring (bicyclic) bond motifs is 1. The molecule has 0 saturated carbocycles. The third-order valence-corrected chi connectivity index (χ3v) is 3.34. The van der Waals surface area contributed by atoms with Gasteiger partial charge in [-0.2, -0.15) is 13.2 Å². The van der Waals surface area contributed by atoms with Crippen LogP contribution in [0, 0.1) is 10.1 Å². The van der Waals surface area contributed by atoms with E-state index in [9.17, 15) is 23.3 Å². The van der Waals surface area contributed by atoms with Gasteiger partial charge in [-0.05, 0) is 11.6 Å². The fourth-order valence-electron chi connectivity index (χ4n) is 2.41. The number of rotatable bonds is 2. The fourth-order valence-corrected chi connectivity index (χ4v) is 2.41. The van der Waals surface area contributed by atoms with Gasteiger partial charge in [-0.15, -0.1) is 0 Å². The predicted octanol–water partition coefficient (Wildman–Crippen LogP) is 4.76. The second kappa shape index (κ2) is 4.87. The molecule has 0 fully saturated rings. The van der Waals surface area contributed by atoms with Crippen molar-refractivity contribution in [2.75, 3.05) is 0 Å². The van der Waals surface area contributed by atoms with Crippen molar-refractivity contribution in [3.05, 3.63) is 64.3 Å². The van der Waals surface area contributed by atoms with E-state index in [0.29, 0.717) is 5.56 Å². The number of nitro benzene ring substituents is 1. The molecule has 0 atom stereocenters. The van der Waals surface area contributed by atoms with Crippen molar-refractivity contribution in [1.82, 2.24) is 4.98 Å². The Kier molecular flexibility index (Phi) is 3.13. The maximum absolute atomic E-state index is 13.3. The first-order valence-corrected chi connectivity index (χ1v) is 6.30. The van der Waals surface area contributed by atoms with Crippen LogP contribution in [0.1, 0.15) is 5.69 Å². The molecule has 0 aliphatic rings. The van der Waals surface area contributed by atoms with E-state index in [4.69, 9.17) is 0 Å². The van der Waals surface area contributed by atoms with Gasteiger partial charge >= 0.3 is 6.18 Å². The van der Waals surface area contributed by atoms with Crippen LogP contribution in [-0.2, 0) is 6.18 Å².